The first-order chi connectivity index (χ1) is 15.7. The van der Waals surface area contributed by atoms with E-state index < -0.39 is 22.0 Å². The fraction of sp³-hybridized carbons (Fsp3) is 0.417. The number of carbonyl (C=O) groups is 2. The number of hydrogen-bond acceptors (Lipinski definition) is 5. The number of aryl methyl sites for hydroxylation is 1. The number of hydrogen-bond donors (Lipinski definition) is 3. The Labute approximate surface area is 195 Å². The van der Waals surface area contributed by atoms with Crippen LogP contribution >= 0.6 is 0 Å². The van der Waals surface area contributed by atoms with Gasteiger partial charge in [-0.25, -0.2) is 13.2 Å². The highest BCUT2D eigenvalue weighted by Gasteiger charge is 2.27. The Morgan fingerprint density at radius 1 is 1.03 bits per heavy atom. The van der Waals surface area contributed by atoms with Gasteiger partial charge in [0.1, 0.15) is 4.90 Å². The van der Waals surface area contributed by atoms with Crippen molar-refractivity contribution < 1.29 is 23.1 Å². The smallest absolute Gasteiger partial charge is 0.338 e. The molecular weight excluding hydrogens is 442 g/mol. The van der Waals surface area contributed by atoms with Gasteiger partial charge < -0.3 is 10.4 Å². The minimum absolute atomic E-state index is 0.00699. The van der Waals surface area contributed by atoms with Crippen LogP contribution in [-0.2, 0) is 27.7 Å². The van der Waals surface area contributed by atoms with Crippen molar-refractivity contribution in [1.29, 1.82) is 0 Å². The van der Waals surface area contributed by atoms with Crippen LogP contribution in [0.2, 0.25) is 0 Å². The zero-order valence-corrected chi connectivity index (χ0v) is 20.0. The number of aromatic carboxylic acids is 1. The second-order valence-electron chi connectivity index (χ2n) is 8.13. The summed E-state index contributed by atoms with van der Waals surface area (Å²) >= 11 is 0. The van der Waals surface area contributed by atoms with Crippen LogP contribution in [0.3, 0.4) is 0 Å². The number of nitrogens with zero attached hydrogens (tertiary/aromatic N) is 1. The van der Waals surface area contributed by atoms with E-state index in [1.807, 2.05) is 18.7 Å². The topological polar surface area (TPSA) is 116 Å². The number of amides is 1. The molecule has 1 aliphatic carbocycles. The Balaban J connectivity index is 1.94. The summed E-state index contributed by atoms with van der Waals surface area (Å²) in [7, 11) is -4.17. The lowest BCUT2D eigenvalue weighted by atomic mass is 9.87. The average molecular weight is 474 g/mol. The molecule has 0 radical (unpaired) electrons. The summed E-state index contributed by atoms with van der Waals surface area (Å²) in [6, 6.07) is 8.96. The number of carboxylic acid groups (broad SMARTS) is 1. The van der Waals surface area contributed by atoms with E-state index in [1.54, 1.807) is 25.1 Å². The molecule has 33 heavy (non-hydrogen) atoms. The largest absolute Gasteiger partial charge is 0.478 e. The molecule has 9 heteroatoms. The van der Waals surface area contributed by atoms with Gasteiger partial charge in [0.05, 0.1) is 23.0 Å². The number of anilines is 2. The van der Waals surface area contributed by atoms with Crippen molar-refractivity contribution in [2.45, 2.75) is 57.4 Å². The van der Waals surface area contributed by atoms with Gasteiger partial charge in [0.2, 0.25) is 5.91 Å². The molecule has 0 saturated carbocycles. The van der Waals surface area contributed by atoms with Crippen molar-refractivity contribution in [2.75, 3.05) is 23.1 Å². The molecule has 0 saturated heterocycles. The Morgan fingerprint density at radius 2 is 1.70 bits per heavy atom. The first kappa shape index (κ1) is 24.7. The molecule has 1 atom stereocenters. The van der Waals surface area contributed by atoms with E-state index in [2.05, 4.69) is 10.0 Å². The number of benzene rings is 2. The van der Waals surface area contributed by atoms with E-state index in [9.17, 15) is 23.1 Å². The van der Waals surface area contributed by atoms with E-state index in [-0.39, 0.29) is 27.7 Å². The highest BCUT2D eigenvalue weighted by Crippen LogP contribution is 2.32. The predicted molar refractivity (Wildman–Crippen MR) is 128 cm³/mol. The van der Waals surface area contributed by atoms with Crippen molar-refractivity contribution in [3.8, 4) is 0 Å². The van der Waals surface area contributed by atoms with Crippen molar-refractivity contribution >= 4 is 33.3 Å². The van der Waals surface area contributed by atoms with Crippen molar-refractivity contribution in [3.63, 3.8) is 0 Å². The number of para-hydroxylation sites is 1. The van der Waals surface area contributed by atoms with Crippen molar-refractivity contribution in [2.24, 2.45) is 0 Å². The van der Waals surface area contributed by atoms with E-state index in [0.717, 1.165) is 24.8 Å². The SMILES string of the molecule is CCN(CC)[C@@H](C)C(=O)Nc1ccccc1S(=O)(=O)Nc1ccc2c(c1C(=O)O)CCCC2. The molecule has 3 N–H and O–H groups in total. The molecule has 2 aromatic rings. The molecule has 2 aromatic carbocycles. The molecule has 0 aromatic heterocycles. The third-order valence-electron chi connectivity index (χ3n) is 6.16. The van der Waals surface area contributed by atoms with Crippen LogP contribution in [0.15, 0.2) is 41.3 Å². The zero-order valence-electron chi connectivity index (χ0n) is 19.2. The van der Waals surface area contributed by atoms with Crippen LogP contribution in [-0.4, -0.2) is 49.4 Å². The number of nitrogens with one attached hydrogen (secondary N) is 2. The van der Waals surface area contributed by atoms with E-state index >= 15 is 0 Å². The normalized spacial score (nSPS) is 14.4. The number of rotatable bonds is 9. The van der Waals surface area contributed by atoms with Crippen LogP contribution in [0.1, 0.15) is 55.1 Å². The molecule has 0 heterocycles. The molecule has 0 aliphatic heterocycles. The Kier molecular flexibility index (Phi) is 7.76. The number of likely N-dealkylation sites (N-methyl/N-ethyl adjacent to an activating group) is 1. The van der Waals surface area contributed by atoms with Crippen LogP contribution in [0, 0.1) is 0 Å². The Bertz CT molecular complexity index is 1140. The van der Waals surface area contributed by atoms with Crippen molar-refractivity contribution in [3.05, 3.63) is 53.1 Å². The fourth-order valence-corrected chi connectivity index (χ4v) is 5.57. The molecule has 178 valence electrons. The Morgan fingerprint density at radius 3 is 2.36 bits per heavy atom. The van der Waals surface area contributed by atoms with Gasteiger partial charge in [0, 0.05) is 0 Å². The first-order valence-corrected chi connectivity index (χ1v) is 12.7. The van der Waals surface area contributed by atoms with Gasteiger partial charge >= 0.3 is 5.97 Å². The summed E-state index contributed by atoms with van der Waals surface area (Å²) in [6.45, 7) is 7.04. The number of fused-ring (bicyclic) bond motifs is 1. The maximum atomic E-state index is 13.3. The molecule has 8 nitrogen and oxygen atoms in total. The van der Waals surface area contributed by atoms with Gasteiger partial charge in [0.15, 0.2) is 0 Å². The molecule has 0 fully saturated rings. The second kappa shape index (κ2) is 10.4. The number of sulfonamides is 1. The second-order valence-corrected chi connectivity index (χ2v) is 9.78. The highest BCUT2D eigenvalue weighted by molar-refractivity contribution is 7.92. The van der Waals surface area contributed by atoms with E-state index in [0.29, 0.717) is 25.1 Å². The minimum atomic E-state index is -4.17. The zero-order chi connectivity index (χ0) is 24.2. The average Bonchev–Trinajstić information content (AvgIpc) is 2.79. The molecule has 3 rings (SSSR count). The van der Waals surface area contributed by atoms with Crippen LogP contribution in [0.5, 0.6) is 0 Å². The molecular formula is C24H31N3O5S. The predicted octanol–water partition coefficient (Wildman–Crippen LogP) is 3.73. The summed E-state index contributed by atoms with van der Waals surface area (Å²) in [6.07, 6.45) is 3.23. The third-order valence-corrected chi connectivity index (χ3v) is 7.59. The molecule has 0 unspecified atom stereocenters. The standard InChI is InChI=1S/C24H31N3O5S/c1-4-27(5-2)16(3)23(28)25-19-12-8-9-13-21(19)33(31,32)26-20-15-14-17-10-6-7-11-18(17)22(20)24(29)30/h8-9,12-16,26H,4-7,10-11H2,1-3H3,(H,25,28)(H,29,30)/t16-/m0/s1. The monoisotopic (exact) mass is 473 g/mol. The van der Waals surface area contributed by atoms with Crippen LogP contribution in [0.4, 0.5) is 11.4 Å². The number of carbonyl (C=O) groups excluding carboxylic acids is 1. The van der Waals surface area contributed by atoms with Gasteiger partial charge in [-0.2, -0.15) is 0 Å². The van der Waals surface area contributed by atoms with Crippen LogP contribution < -0.4 is 10.0 Å². The van der Waals surface area contributed by atoms with E-state index in [4.69, 9.17) is 0 Å². The molecule has 1 amide bonds. The summed E-state index contributed by atoms with van der Waals surface area (Å²) in [5, 5.41) is 12.5. The van der Waals surface area contributed by atoms with Gasteiger partial charge in [-0.15, -0.1) is 0 Å². The third kappa shape index (κ3) is 5.36. The maximum Gasteiger partial charge on any atom is 0.338 e. The molecule has 1 aliphatic rings. The molecule has 0 bridgehead atoms. The lowest BCUT2D eigenvalue weighted by Gasteiger charge is -2.25. The summed E-state index contributed by atoms with van der Waals surface area (Å²) in [5.41, 5.74) is 1.79. The van der Waals surface area contributed by atoms with E-state index in [1.165, 1.54) is 18.2 Å². The minimum Gasteiger partial charge on any atom is -0.478 e. The lowest BCUT2D eigenvalue weighted by molar-refractivity contribution is -0.120. The fourth-order valence-electron chi connectivity index (χ4n) is 4.34. The van der Waals surface area contributed by atoms with Gasteiger partial charge in [-0.05, 0) is 75.0 Å². The summed E-state index contributed by atoms with van der Waals surface area (Å²) < 4.78 is 29.0. The molecule has 0 spiro atoms. The van der Waals surface area contributed by atoms with Gasteiger partial charge in [-0.1, -0.05) is 32.0 Å². The maximum absolute atomic E-state index is 13.3. The Hall–Kier alpha value is -2.91. The highest BCUT2D eigenvalue weighted by atomic mass is 32.2. The summed E-state index contributed by atoms with van der Waals surface area (Å²) in [4.78, 5) is 26.6. The quantitative estimate of drug-likeness (QED) is 0.511. The van der Waals surface area contributed by atoms with Gasteiger partial charge in [0.25, 0.3) is 10.0 Å². The van der Waals surface area contributed by atoms with Gasteiger partial charge in [-0.3, -0.25) is 14.4 Å². The van der Waals surface area contributed by atoms with Crippen LogP contribution in [0.25, 0.3) is 0 Å². The summed E-state index contributed by atoms with van der Waals surface area (Å²) in [5.74, 6) is -1.48. The lowest BCUT2D eigenvalue weighted by Crippen LogP contribution is -2.42. The first-order valence-electron chi connectivity index (χ1n) is 11.2. The van der Waals surface area contributed by atoms with Crippen molar-refractivity contribution in [1.82, 2.24) is 4.90 Å². The number of carboxylic acids is 1.